The summed E-state index contributed by atoms with van der Waals surface area (Å²) in [7, 11) is 0. The Morgan fingerprint density at radius 2 is 1.60 bits per heavy atom. The molecule has 0 rings (SSSR count). The monoisotopic (exact) mass is 139 g/mol. The molecule has 0 aromatic carbocycles. The van der Waals surface area contributed by atoms with Crippen LogP contribution in [0.2, 0.25) is 0 Å². The molecule has 0 aromatic rings. The predicted molar refractivity (Wildman–Crippen MR) is 46.6 cm³/mol. The van der Waals surface area contributed by atoms with Gasteiger partial charge in [0.05, 0.1) is 0 Å². The Balaban J connectivity index is 3.72. The highest BCUT2D eigenvalue weighted by Crippen LogP contribution is 1.93. The molecule has 0 radical (unpaired) electrons. The third-order valence-corrected chi connectivity index (χ3v) is 1.16. The zero-order valence-electron chi connectivity index (χ0n) is 7.17. The van der Waals surface area contributed by atoms with Gasteiger partial charge in [0.2, 0.25) is 0 Å². The smallest absolute Gasteiger partial charge is 0.0216 e. The van der Waals surface area contributed by atoms with Crippen molar-refractivity contribution < 1.29 is 0 Å². The van der Waals surface area contributed by atoms with Crippen molar-refractivity contribution in [3.8, 4) is 0 Å². The van der Waals surface area contributed by atoms with Crippen LogP contribution in [0.15, 0.2) is 24.6 Å². The Bertz CT molecular complexity index is 102. The molecule has 1 heteroatoms. The van der Waals surface area contributed by atoms with Gasteiger partial charge >= 0.3 is 0 Å². The van der Waals surface area contributed by atoms with Crippen LogP contribution in [0.3, 0.4) is 0 Å². The van der Waals surface area contributed by atoms with Gasteiger partial charge in [-0.2, -0.15) is 0 Å². The molecule has 0 atom stereocenters. The first-order valence-electron chi connectivity index (χ1n) is 3.86. The Hall–Kier alpha value is -0.720. The SMILES string of the molecule is CC=CN(C=CC)CCC. The van der Waals surface area contributed by atoms with Gasteiger partial charge in [-0.1, -0.05) is 19.1 Å². The summed E-state index contributed by atoms with van der Waals surface area (Å²) in [4.78, 5) is 2.18. The Morgan fingerprint density at radius 1 is 1.10 bits per heavy atom. The predicted octanol–water partition coefficient (Wildman–Crippen LogP) is 2.77. The topological polar surface area (TPSA) is 3.24 Å². The lowest BCUT2D eigenvalue weighted by Crippen LogP contribution is -2.09. The molecule has 0 spiro atoms. The molecule has 0 aliphatic rings. The van der Waals surface area contributed by atoms with Crippen molar-refractivity contribution in [2.45, 2.75) is 27.2 Å². The summed E-state index contributed by atoms with van der Waals surface area (Å²) >= 11 is 0. The van der Waals surface area contributed by atoms with E-state index >= 15 is 0 Å². The maximum absolute atomic E-state index is 2.18. The van der Waals surface area contributed by atoms with Crippen LogP contribution in [0, 0.1) is 0 Å². The third kappa shape index (κ3) is 4.19. The first-order chi connectivity index (χ1) is 4.85. The van der Waals surface area contributed by atoms with Gasteiger partial charge in [0.25, 0.3) is 0 Å². The van der Waals surface area contributed by atoms with E-state index in [0.29, 0.717) is 0 Å². The standard InChI is InChI=1S/C9H17N/c1-4-7-10(8-5-2)9-6-3/h4-5,7-8H,6,9H2,1-3H3. The maximum Gasteiger partial charge on any atom is 0.0216 e. The van der Waals surface area contributed by atoms with E-state index in [4.69, 9.17) is 0 Å². The Kier molecular flexibility index (Phi) is 5.94. The molecule has 0 saturated heterocycles. The lowest BCUT2D eigenvalue weighted by molar-refractivity contribution is 0.500. The minimum absolute atomic E-state index is 1.11. The zero-order chi connectivity index (χ0) is 7.82. The zero-order valence-corrected chi connectivity index (χ0v) is 7.17. The van der Waals surface area contributed by atoms with Gasteiger partial charge in [0.15, 0.2) is 0 Å². The minimum Gasteiger partial charge on any atom is -0.355 e. The highest BCUT2D eigenvalue weighted by atomic mass is 15.1. The molecule has 0 fully saturated rings. The van der Waals surface area contributed by atoms with Crippen molar-refractivity contribution in [1.82, 2.24) is 4.90 Å². The normalized spacial score (nSPS) is 11.5. The van der Waals surface area contributed by atoms with E-state index in [0.717, 1.165) is 6.54 Å². The molecule has 0 aliphatic heterocycles. The van der Waals surface area contributed by atoms with E-state index in [1.165, 1.54) is 6.42 Å². The lowest BCUT2D eigenvalue weighted by atomic mass is 10.4. The Morgan fingerprint density at radius 3 is 1.90 bits per heavy atom. The number of nitrogens with zero attached hydrogens (tertiary/aromatic N) is 1. The molecular formula is C9H17N. The van der Waals surface area contributed by atoms with Crippen LogP contribution >= 0.6 is 0 Å². The van der Waals surface area contributed by atoms with Crippen molar-refractivity contribution >= 4 is 0 Å². The fourth-order valence-corrected chi connectivity index (χ4v) is 0.840. The highest BCUT2D eigenvalue weighted by Gasteiger charge is 1.87. The van der Waals surface area contributed by atoms with E-state index in [-0.39, 0.29) is 0 Å². The summed E-state index contributed by atoms with van der Waals surface area (Å²) in [6, 6.07) is 0. The van der Waals surface area contributed by atoms with Crippen molar-refractivity contribution in [3.63, 3.8) is 0 Å². The molecule has 0 amide bonds. The van der Waals surface area contributed by atoms with Gasteiger partial charge in [-0.3, -0.25) is 0 Å². The maximum atomic E-state index is 2.18. The van der Waals surface area contributed by atoms with Crippen LogP contribution < -0.4 is 0 Å². The third-order valence-electron chi connectivity index (χ3n) is 1.16. The molecule has 0 aliphatic carbocycles. The fraction of sp³-hybridized carbons (Fsp3) is 0.556. The van der Waals surface area contributed by atoms with Gasteiger partial charge in [-0.15, -0.1) is 0 Å². The summed E-state index contributed by atoms with van der Waals surface area (Å²) < 4.78 is 0. The number of rotatable bonds is 4. The van der Waals surface area contributed by atoms with Crippen molar-refractivity contribution in [2.75, 3.05) is 6.54 Å². The van der Waals surface area contributed by atoms with Gasteiger partial charge < -0.3 is 4.90 Å². The van der Waals surface area contributed by atoms with E-state index in [1.54, 1.807) is 0 Å². The van der Waals surface area contributed by atoms with Gasteiger partial charge in [0, 0.05) is 6.54 Å². The second kappa shape index (κ2) is 6.40. The summed E-state index contributed by atoms with van der Waals surface area (Å²) in [5, 5.41) is 0. The van der Waals surface area contributed by atoms with E-state index in [2.05, 4.69) is 36.4 Å². The first kappa shape index (κ1) is 9.28. The van der Waals surface area contributed by atoms with Crippen LogP contribution in [0.5, 0.6) is 0 Å². The van der Waals surface area contributed by atoms with Crippen molar-refractivity contribution in [3.05, 3.63) is 24.6 Å². The van der Waals surface area contributed by atoms with E-state index < -0.39 is 0 Å². The molecule has 0 heterocycles. The average molecular weight is 139 g/mol. The summed E-state index contributed by atoms with van der Waals surface area (Å²) in [5.74, 6) is 0. The van der Waals surface area contributed by atoms with Crippen LogP contribution in [0.1, 0.15) is 27.2 Å². The molecule has 58 valence electrons. The lowest BCUT2D eigenvalue weighted by Gasteiger charge is -2.12. The van der Waals surface area contributed by atoms with Crippen LogP contribution in [-0.2, 0) is 0 Å². The van der Waals surface area contributed by atoms with E-state index in [1.807, 2.05) is 13.8 Å². The average Bonchev–Trinajstić information content (AvgIpc) is 1.90. The molecule has 0 N–H and O–H groups in total. The minimum atomic E-state index is 1.11. The second-order valence-electron chi connectivity index (χ2n) is 2.20. The number of hydrogen-bond acceptors (Lipinski definition) is 1. The molecular weight excluding hydrogens is 122 g/mol. The van der Waals surface area contributed by atoms with Crippen LogP contribution in [0.25, 0.3) is 0 Å². The van der Waals surface area contributed by atoms with Crippen molar-refractivity contribution in [1.29, 1.82) is 0 Å². The fourth-order valence-electron chi connectivity index (χ4n) is 0.840. The molecule has 0 unspecified atom stereocenters. The van der Waals surface area contributed by atoms with Crippen LogP contribution in [0.4, 0.5) is 0 Å². The summed E-state index contributed by atoms with van der Waals surface area (Å²) in [6.45, 7) is 7.35. The summed E-state index contributed by atoms with van der Waals surface area (Å²) in [5.41, 5.74) is 0. The Labute approximate surface area is 64.0 Å². The molecule has 0 aromatic heterocycles. The van der Waals surface area contributed by atoms with E-state index in [9.17, 15) is 0 Å². The second-order valence-corrected chi connectivity index (χ2v) is 2.20. The number of hydrogen-bond donors (Lipinski definition) is 0. The van der Waals surface area contributed by atoms with Crippen LogP contribution in [-0.4, -0.2) is 11.4 Å². The number of allylic oxidation sites excluding steroid dienone is 2. The largest absolute Gasteiger partial charge is 0.355 e. The van der Waals surface area contributed by atoms with Crippen molar-refractivity contribution in [2.24, 2.45) is 0 Å². The van der Waals surface area contributed by atoms with Gasteiger partial charge in [-0.05, 0) is 32.7 Å². The molecule has 0 bridgehead atoms. The van der Waals surface area contributed by atoms with Gasteiger partial charge in [0.1, 0.15) is 0 Å². The summed E-state index contributed by atoms with van der Waals surface area (Å²) in [6.07, 6.45) is 9.47. The molecule has 10 heavy (non-hydrogen) atoms. The molecule has 1 nitrogen and oxygen atoms in total. The van der Waals surface area contributed by atoms with Gasteiger partial charge in [-0.25, -0.2) is 0 Å². The molecule has 0 saturated carbocycles. The first-order valence-corrected chi connectivity index (χ1v) is 3.86. The quantitative estimate of drug-likeness (QED) is 0.579. The highest BCUT2D eigenvalue weighted by molar-refractivity contribution is 4.88.